The van der Waals surface area contributed by atoms with E-state index in [1.165, 1.54) is 5.56 Å². The van der Waals surface area contributed by atoms with Crippen molar-refractivity contribution in [3.05, 3.63) is 41.1 Å². The highest BCUT2D eigenvalue weighted by Gasteiger charge is 2.19. The topological polar surface area (TPSA) is 41.3 Å². The average molecular weight is 259 g/mol. The van der Waals surface area contributed by atoms with E-state index in [0.717, 1.165) is 29.3 Å². The highest BCUT2D eigenvalue weighted by Crippen LogP contribution is 2.30. The molecule has 1 N–H and O–H groups in total. The maximum atomic E-state index is 9.58. The summed E-state index contributed by atoms with van der Waals surface area (Å²) in [6.07, 6.45) is 0. The van der Waals surface area contributed by atoms with Crippen molar-refractivity contribution in [2.24, 2.45) is 7.05 Å². The van der Waals surface area contributed by atoms with Crippen molar-refractivity contribution in [3.63, 3.8) is 0 Å². The molecule has 1 aromatic carbocycles. The van der Waals surface area contributed by atoms with Crippen LogP contribution in [0.15, 0.2) is 24.3 Å². The van der Waals surface area contributed by atoms with Crippen LogP contribution in [-0.4, -0.2) is 21.4 Å². The van der Waals surface area contributed by atoms with Crippen molar-refractivity contribution in [1.29, 1.82) is 0 Å². The van der Waals surface area contributed by atoms with Gasteiger partial charge in [0.05, 0.1) is 12.3 Å². The maximum Gasteiger partial charge on any atom is 0.136 e. The van der Waals surface area contributed by atoms with Crippen LogP contribution in [0, 0.1) is 13.8 Å². The fourth-order valence-electron chi connectivity index (χ4n) is 2.46. The average Bonchev–Trinajstić information content (AvgIpc) is 2.65. The van der Waals surface area contributed by atoms with Crippen LogP contribution >= 0.6 is 0 Å². The lowest BCUT2D eigenvalue weighted by Crippen LogP contribution is -2.20. The van der Waals surface area contributed by atoms with Gasteiger partial charge in [0, 0.05) is 24.8 Å². The van der Waals surface area contributed by atoms with Crippen molar-refractivity contribution in [2.45, 2.75) is 27.4 Å². The molecule has 1 aromatic heterocycles. The molecule has 1 heterocycles. The zero-order valence-electron chi connectivity index (χ0n) is 12.0. The molecule has 0 amide bonds. The third kappa shape index (κ3) is 2.49. The fraction of sp³-hybridized carbons (Fsp3) is 0.400. The molecule has 2 aromatic rings. The predicted molar refractivity (Wildman–Crippen MR) is 77.7 cm³/mol. The van der Waals surface area contributed by atoms with Crippen molar-refractivity contribution >= 4 is 11.5 Å². The van der Waals surface area contributed by atoms with E-state index in [2.05, 4.69) is 48.1 Å². The molecular formula is C15H21N3O. The number of benzene rings is 1. The highest BCUT2D eigenvalue weighted by atomic mass is 16.3. The Bertz CT molecular complexity index is 575. The summed E-state index contributed by atoms with van der Waals surface area (Å²) in [6.45, 7) is 6.95. The smallest absolute Gasteiger partial charge is 0.136 e. The Morgan fingerprint density at radius 2 is 2.05 bits per heavy atom. The summed E-state index contributed by atoms with van der Waals surface area (Å²) in [5, 5.41) is 14.0. The minimum atomic E-state index is 0.0112. The van der Waals surface area contributed by atoms with Crippen LogP contribution in [-0.2, 0) is 13.7 Å². The quantitative estimate of drug-likeness (QED) is 0.918. The van der Waals surface area contributed by atoms with Gasteiger partial charge in [-0.25, -0.2) is 0 Å². The number of hydrogen-bond donors (Lipinski definition) is 1. The molecule has 0 bridgehead atoms. The number of aliphatic hydroxyl groups excluding tert-OH is 1. The van der Waals surface area contributed by atoms with Crippen LogP contribution in [0.4, 0.5) is 11.5 Å². The van der Waals surface area contributed by atoms with Crippen LogP contribution in [0.5, 0.6) is 0 Å². The first-order valence-electron chi connectivity index (χ1n) is 6.56. The van der Waals surface area contributed by atoms with Gasteiger partial charge < -0.3 is 10.0 Å². The number of hydrogen-bond acceptors (Lipinski definition) is 3. The second-order valence-corrected chi connectivity index (χ2v) is 4.75. The van der Waals surface area contributed by atoms with Gasteiger partial charge in [-0.2, -0.15) is 5.10 Å². The lowest BCUT2D eigenvalue weighted by atomic mass is 10.2. The largest absolute Gasteiger partial charge is 0.391 e. The van der Waals surface area contributed by atoms with Crippen molar-refractivity contribution in [3.8, 4) is 0 Å². The molecule has 0 spiro atoms. The van der Waals surface area contributed by atoms with Gasteiger partial charge in [-0.1, -0.05) is 12.1 Å². The van der Waals surface area contributed by atoms with E-state index >= 15 is 0 Å². The number of aromatic nitrogens is 2. The minimum absolute atomic E-state index is 0.0112. The third-order valence-electron chi connectivity index (χ3n) is 3.36. The van der Waals surface area contributed by atoms with Gasteiger partial charge in [-0.05, 0) is 38.5 Å². The molecule has 0 saturated carbocycles. The third-order valence-corrected chi connectivity index (χ3v) is 3.36. The summed E-state index contributed by atoms with van der Waals surface area (Å²) in [5.74, 6) is 0.966. The van der Waals surface area contributed by atoms with Crippen LogP contribution in [0.2, 0.25) is 0 Å². The molecular weight excluding hydrogens is 238 g/mol. The minimum Gasteiger partial charge on any atom is -0.391 e. The lowest BCUT2D eigenvalue weighted by Gasteiger charge is -2.24. The number of aliphatic hydroxyl groups is 1. The number of nitrogens with zero attached hydrogens (tertiary/aromatic N) is 3. The number of rotatable bonds is 4. The molecule has 4 nitrogen and oxygen atoms in total. The maximum absolute atomic E-state index is 9.58. The first-order chi connectivity index (χ1) is 9.08. The molecule has 0 unspecified atom stereocenters. The second-order valence-electron chi connectivity index (χ2n) is 4.75. The molecule has 19 heavy (non-hydrogen) atoms. The van der Waals surface area contributed by atoms with E-state index in [9.17, 15) is 5.11 Å². The molecule has 0 atom stereocenters. The van der Waals surface area contributed by atoms with Gasteiger partial charge in [0.1, 0.15) is 5.82 Å². The number of aryl methyl sites for hydroxylation is 3. The van der Waals surface area contributed by atoms with E-state index in [-0.39, 0.29) is 6.61 Å². The molecule has 4 heteroatoms. The Morgan fingerprint density at radius 3 is 2.63 bits per heavy atom. The van der Waals surface area contributed by atoms with E-state index < -0.39 is 0 Å². The standard InChI is InChI=1S/C15H21N3O/c1-5-18(13-8-6-7-11(2)9-13)15-14(10-19)12(3)16-17(15)4/h6-9,19H,5,10H2,1-4H3. The highest BCUT2D eigenvalue weighted by molar-refractivity contribution is 5.64. The Labute approximate surface area is 114 Å². The van der Waals surface area contributed by atoms with E-state index in [1.807, 2.05) is 18.7 Å². The summed E-state index contributed by atoms with van der Waals surface area (Å²) < 4.78 is 1.84. The molecule has 0 aliphatic rings. The summed E-state index contributed by atoms with van der Waals surface area (Å²) in [6, 6.07) is 8.36. The molecule has 0 saturated heterocycles. The molecule has 0 aliphatic heterocycles. The van der Waals surface area contributed by atoms with Crippen LogP contribution in [0.25, 0.3) is 0 Å². The lowest BCUT2D eigenvalue weighted by molar-refractivity contribution is 0.281. The van der Waals surface area contributed by atoms with Crippen LogP contribution in [0.1, 0.15) is 23.7 Å². The molecule has 0 aliphatic carbocycles. The van der Waals surface area contributed by atoms with Crippen molar-refractivity contribution in [2.75, 3.05) is 11.4 Å². The Morgan fingerprint density at radius 1 is 1.32 bits per heavy atom. The zero-order valence-corrected chi connectivity index (χ0v) is 12.0. The first-order valence-corrected chi connectivity index (χ1v) is 6.56. The fourth-order valence-corrected chi connectivity index (χ4v) is 2.46. The summed E-state index contributed by atoms with van der Waals surface area (Å²) in [4.78, 5) is 2.18. The molecule has 0 fully saturated rings. The second kappa shape index (κ2) is 5.45. The zero-order chi connectivity index (χ0) is 14.0. The first kappa shape index (κ1) is 13.6. The SMILES string of the molecule is CCN(c1cccc(C)c1)c1c(CO)c(C)nn1C. The molecule has 102 valence electrons. The van der Waals surface area contributed by atoms with Crippen molar-refractivity contribution < 1.29 is 5.11 Å². The number of anilines is 2. The normalized spacial score (nSPS) is 10.8. The van der Waals surface area contributed by atoms with E-state index in [1.54, 1.807) is 0 Å². The van der Waals surface area contributed by atoms with Gasteiger partial charge in [0.15, 0.2) is 0 Å². The summed E-state index contributed by atoms with van der Waals surface area (Å²) in [7, 11) is 1.92. The van der Waals surface area contributed by atoms with E-state index in [0.29, 0.717) is 0 Å². The predicted octanol–water partition coefficient (Wildman–Crippen LogP) is 2.69. The Kier molecular flexibility index (Phi) is 3.90. The summed E-state index contributed by atoms with van der Waals surface area (Å²) in [5.41, 5.74) is 4.12. The van der Waals surface area contributed by atoms with Gasteiger partial charge in [-0.15, -0.1) is 0 Å². The van der Waals surface area contributed by atoms with Crippen LogP contribution < -0.4 is 4.90 Å². The monoisotopic (exact) mass is 259 g/mol. The van der Waals surface area contributed by atoms with Gasteiger partial charge in [0.2, 0.25) is 0 Å². The molecule has 0 radical (unpaired) electrons. The van der Waals surface area contributed by atoms with Crippen molar-refractivity contribution in [1.82, 2.24) is 9.78 Å². The van der Waals surface area contributed by atoms with Crippen LogP contribution in [0.3, 0.4) is 0 Å². The van der Waals surface area contributed by atoms with E-state index in [4.69, 9.17) is 0 Å². The van der Waals surface area contributed by atoms with Gasteiger partial charge in [0.25, 0.3) is 0 Å². The van der Waals surface area contributed by atoms with Gasteiger partial charge in [-0.3, -0.25) is 4.68 Å². The Hall–Kier alpha value is -1.81. The van der Waals surface area contributed by atoms with Gasteiger partial charge >= 0.3 is 0 Å². The Balaban J connectivity index is 2.54. The summed E-state index contributed by atoms with van der Waals surface area (Å²) >= 11 is 0. The molecule has 2 rings (SSSR count).